The van der Waals surface area contributed by atoms with E-state index in [-0.39, 0.29) is 5.75 Å². The average molecular weight is 352 g/mol. The number of halogens is 7. The third-order valence-electron chi connectivity index (χ3n) is 2.83. The van der Waals surface area contributed by atoms with Gasteiger partial charge in [0.2, 0.25) is 0 Å². The van der Waals surface area contributed by atoms with Crippen LogP contribution in [-0.4, -0.2) is 11.3 Å². The Hall–Kier alpha value is -2.78. The molecular weight excluding hydrogens is 345 g/mol. The molecule has 0 aliphatic rings. The second-order valence-electron chi connectivity index (χ2n) is 4.47. The summed E-state index contributed by atoms with van der Waals surface area (Å²) in [6, 6.07) is 5.22. The van der Waals surface area contributed by atoms with Crippen LogP contribution < -0.4 is 5.43 Å². The summed E-state index contributed by atoms with van der Waals surface area (Å²) in [5, 5.41) is 12.3. The van der Waals surface area contributed by atoms with Gasteiger partial charge in [-0.3, -0.25) is 5.43 Å². The summed E-state index contributed by atoms with van der Waals surface area (Å²) in [7, 11) is 0. The van der Waals surface area contributed by atoms with E-state index in [9.17, 15) is 30.7 Å². The Labute approximate surface area is 130 Å². The lowest BCUT2D eigenvalue weighted by Crippen LogP contribution is -2.16. The molecule has 0 unspecified atom stereocenters. The van der Waals surface area contributed by atoms with Gasteiger partial charge in [0.05, 0.1) is 6.21 Å². The molecule has 10 heteroatoms. The highest BCUT2D eigenvalue weighted by Gasteiger charge is 2.42. The number of anilines is 1. The topological polar surface area (TPSA) is 44.6 Å². The number of hydrazone groups is 1. The molecule has 0 aliphatic heterocycles. The van der Waals surface area contributed by atoms with Crippen molar-refractivity contribution in [2.45, 2.75) is 6.18 Å². The third kappa shape index (κ3) is 3.42. The highest BCUT2D eigenvalue weighted by molar-refractivity contribution is 5.80. The SMILES string of the molecule is Oc1ccc(/C=N\Nc2c(F)c(F)c(C(F)(F)F)c(F)c2F)cc1. The van der Waals surface area contributed by atoms with Crippen LogP contribution in [0.2, 0.25) is 0 Å². The Kier molecular flexibility index (Phi) is 4.67. The molecule has 2 aromatic carbocycles. The lowest BCUT2D eigenvalue weighted by Gasteiger charge is -2.13. The van der Waals surface area contributed by atoms with Crippen molar-refractivity contribution in [3.63, 3.8) is 0 Å². The molecule has 0 bridgehead atoms. The third-order valence-corrected chi connectivity index (χ3v) is 2.83. The van der Waals surface area contributed by atoms with Gasteiger partial charge in [0.1, 0.15) is 17.0 Å². The largest absolute Gasteiger partial charge is 0.508 e. The van der Waals surface area contributed by atoms with Crippen LogP contribution in [0.5, 0.6) is 5.75 Å². The molecule has 0 saturated carbocycles. The van der Waals surface area contributed by atoms with Crippen molar-refractivity contribution in [3.8, 4) is 5.75 Å². The van der Waals surface area contributed by atoms with Crippen LogP contribution >= 0.6 is 0 Å². The lowest BCUT2D eigenvalue weighted by molar-refractivity contribution is -0.143. The number of hydrogen-bond donors (Lipinski definition) is 2. The zero-order valence-electron chi connectivity index (χ0n) is 11.4. The molecule has 0 fully saturated rings. The van der Waals surface area contributed by atoms with Gasteiger partial charge in [-0.05, 0) is 29.8 Å². The molecule has 0 aliphatic carbocycles. The zero-order chi connectivity index (χ0) is 18.1. The maximum Gasteiger partial charge on any atom is 0.422 e. The summed E-state index contributed by atoms with van der Waals surface area (Å²) in [6.45, 7) is 0. The van der Waals surface area contributed by atoms with Crippen molar-refractivity contribution in [2.75, 3.05) is 5.43 Å². The van der Waals surface area contributed by atoms with E-state index >= 15 is 0 Å². The number of phenols is 1. The Balaban J connectivity index is 2.36. The van der Waals surface area contributed by atoms with Crippen LogP contribution in [0.1, 0.15) is 11.1 Å². The summed E-state index contributed by atoms with van der Waals surface area (Å²) in [6.07, 6.45) is -4.64. The summed E-state index contributed by atoms with van der Waals surface area (Å²) in [4.78, 5) is 0. The summed E-state index contributed by atoms with van der Waals surface area (Å²) >= 11 is 0. The Morgan fingerprint density at radius 2 is 1.38 bits per heavy atom. The molecule has 2 N–H and O–H groups in total. The van der Waals surface area contributed by atoms with Gasteiger partial charge < -0.3 is 5.11 Å². The van der Waals surface area contributed by atoms with Crippen LogP contribution in [-0.2, 0) is 6.18 Å². The summed E-state index contributed by atoms with van der Waals surface area (Å²) in [5.41, 5.74) is -2.23. The molecule has 0 spiro atoms. The standard InChI is InChI=1S/C14H7F7N2O/c15-9-8(14(19,20)21)10(16)12(18)13(11(9)17)23-22-5-6-1-3-7(24)4-2-6/h1-5,23-24H/b22-5-. The molecule has 0 atom stereocenters. The molecular formula is C14H7F7N2O. The summed E-state index contributed by atoms with van der Waals surface area (Å²) < 4.78 is 91.1. The van der Waals surface area contributed by atoms with Crippen molar-refractivity contribution in [2.24, 2.45) is 5.10 Å². The normalized spacial score (nSPS) is 12.0. The minimum Gasteiger partial charge on any atom is -0.508 e. The number of phenolic OH excluding ortho intramolecular Hbond substituents is 1. The second kappa shape index (κ2) is 6.38. The molecule has 3 nitrogen and oxygen atoms in total. The van der Waals surface area contributed by atoms with E-state index in [1.54, 1.807) is 5.43 Å². The van der Waals surface area contributed by atoms with Gasteiger partial charge in [0.25, 0.3) is 0 Å². The van der Waals surface area contributed by atoms with Crippen molar-refractivity contribution >= 4 is 11.9 Å². The number of nitrogens with zero attached hydrogens (tertiary/aromatic N) is 1. The van der Waals surface area contributed by atoms with Gasteiger partial charge in [0.15, 0.2) is 23.3 Å². The Bertz CT molecular complexity index is 756. The highest BCUT2D eigenvalue weighted by atomic mass is 19.4. The first-order valence-electron chi connectivity index (χ1n) is 6.14. The van der Waals surface area contributed by atoms with Crippen LogP contribution in [0.25, 0.3) is 0 Å². The lowest BCUT2D eigenvalue weighted by atomic mass is 10.1. The van der Waals surface area contributed by atoms with Crippen molar-refractivity contribution in [1.82, 2.24) is 0 Å². The minimum absolute atomic E-state index is 0.0657. The number of hydrogen-bond acceptors (Lipinski definition) is 3. The molecule has 24 heavy (non-hydrogen) atoms. The van der Waals surface area contributed by atoms with Gasteiger partial charge in [-0.25, -0.2) is 17.6 Å². The number of aromatic hydroxyl groups is 1. The van der Waals surface area contributed by atoms with E-state index in [1.807, 2.05) is 0 Å². The van der Waals surface area contributed by atoms with Crippen molar-refractivity contribution < 1.29 is 35.8 Å². The predicted molar refractivity (Wildman–Crippen MR) is 70.6 cm³/mol. The van der Waals surface area contributed by atoms with Crippen LogP contribution in [0, 0.1) is 23.3 Å². The molecule has 0 aromatic heterocycles. The Morgan fingerprint density at radius 1 is 0.875 bits per heavy atom. The first kappa shape index (κ1) is 17.6. The smallest absolute Gasteiger partial charge is 0.422 e. The number of nitrogens with one attached hydrogen (secondary N) is 1. The second-order valence-corrected chi connectivity index (χ2v) is 4.47. The fourth-order valence-electron chi connectivity index (χ4n) is 1.71. The van der Waals surface area contributed by atoms with E-state index in [0.29, 0.717) is 5.56 Å². The quantitative estimate of drug-likeness (QED) is 0.372. The maximum absolute atomic E-state index is 13.6. The predicted octanol–water partition coefficient (Wildman–Crippen LogP) is 4.41. The molecule has 128 valence electrons. The van der Waals surface area contributed by atoms with E-state index in [2.05, 4.69) is 5.10 Å². The van der Waals surface area contributed by atoms with Gasteiger partial charge in [-0.2, -0.15) is 18.3 Å². The fraction of sp³-hybridized carbons (Fsp3) is 0.0714. The molecule has 0 amide bonds. The van der Waals surface area contributed by atoms with Gasteiger partial charge in [-0.15, -0.1) is 0 Å². The van der Waals surface area contributed by atoms with Crippen molar-refractivity contribution in [3.05, 3.63) is 58.7 Å². The van der Waals surface area contributed by atoms with Gasteiger partial charge in [0, 0.05) is 0 Å². The molecule has 0 saturated heterocycles. The minimum atomic E-state index is -5.61. The van der Waals surface area contributed by atoms with Crippen molar-refractivity contribution in [1.29, 1.82) is 0 Å². The van der Waals surface area contributed by atoms with E-state index < -0.39 is 40.7 Å². The van der Waals surface area contributed by atoms with E-state index in [1.165, 1.54) is 24.3 Å². The van der Waals surface area contributed by atoms with Gasteiger partial charge >= 0.3 is 6.18 Å². The Morgan fingerprint density at radius 3 is 1.83 bits per heavy atom. The fourth-order valence-corrected chi connectivity index (χ4v) is 1.71. The van der Waals surface area contributed by atoms with Crippen LogP contribution in [0.3, 0.4) is 0 Å². The van der Waals surface area contributed by atoms with E-state index in [4.69, 9.17) is 5.11 Å². The first-order valence-corrected chi connectivity index (χ1v) is 6.14. The average Bonchev–Trinajstić information content (AvgIpc) is 2.49. The number of alkyl halides is 3. The van der Waals surface area contributed by atoms with Gasteiger partial charge in [-0.1, -0.05) is 0 Å². The van der Waals surface area contributed by atoms with Crippen LogP contribution in [0.4, 0.5) is 36.4 Å². The molecule has 2 rings (SSSR count). The molecule has 0 radical (unpaired) electrons. The highest BCUT2D eigenvalue weighted by Crippen LogP contribution is 2.38. The maximum atomic E-state index is 13.6. The van der Waals surface area contributed by atoms with Crippen LogP contribution in [0.15, 0.2) is 29.4 Å². The zero-order valence-corrected chi connectivity index (χ0v) is 11.4. The van der Waals surface area contributed by atoms with E-state index in [0.717, 1.165) is 6.21 Å². The number of benzene rings is 2. The molecule has 2 aromatic rings. The number of rotatable bonds is 3. The first-order chi connectivity index (χ1) is 11.1. The summed E-state index contributed by atoms with van der Waals surface area (Å²) in [5.74, 6) is -9.75. The monoisotopic (exact) mass is 352 g/mol. The molecule has 0 heterocycles.